The maximum absolute atomic E-state index is 12.1. The molecule has 3 aromatic rings. The van der Waals surface area contributed by atoms with E-state index in [-0.39, 0.29) is 5.11 Å². The number of hydrogen-bond acceptors (Lipinski definition) is 4. The Morgan fingerprint density at radius 3 is 2.72 bits per heavy atom. The van der Waals surface area contributed by atoms with E-state index in [1.807, 2.05) is 18.2 Å². The van der Waals surface area contributed by atoms with Crippen molar-refractivity contribution in [2.45, 2.75) is 0 Å². The van der Waals surface area contributed by atoms with Crippen LogP contribution in [0, 0.1) is 0 Å². The summed E-state index contributed by atoms with van der Waals surface area (Å²) in [6.45, 7) is 0. The van der Waals surface area contributed by atoms with Crippen LogP contribution in [0.3, 0.4) is 0 Å². The number of rotatable bonds is 5. The molecule has 0 fully saturated rings. The van der Waals surface area contributed by atoms with Gasteiger partial charge in [0, 0.05) is 23.4 Å². The molecule has 8 heteroatoms. The molecule has 1 amide bonds. The zero-order chi connectivity index (χ0) is 20.8. The average Bonchev–Trinajstić information content (AvgIpc) is 3.17. The largest absolute Gasteiger partial charge is 0.497 e. The molecule has 0 aliphatic carbocycles. The van der Waals surface area contributed by atoms with Crippen LogP contribution in [-0.4, -0.2) is 18.1 Å². The van der Waals surface area contributed by atoms with Crippen LogP contribution in [0.4, 0.5) is 5.69 Å². The van der Waals surface area contributed by atoms with Gasteiger partial charge in [-0.1, -0.05) is 35.3 Å². The lowest BCUT2D eigenvalue weighted by atomic mass is 10.2. The lowest BCUT2D eigenvalue weighted by molar-refractivity contribution is -0.115. The van der Waals surface area contributed by atoms with Gasteiger partial charge in [-0.15, -0.1) is 0 Å². The number of hydrogen-bond donors (Lipinski definition) is 2. The zero-order valence-electron chi connectivity index (χ0n) is 15.2. The molecule has 5 nitrogen and oxygen atoms in total. The first-order valence-electron chi connectivity index (χ1n) is 8.44. The lowest BCUT2D eigenvalue weighted by Crippen LogP contribution is -2.32. The van der Waals surface area contributed by atoms with Crippen molar-refractivity contribution in [1.29, 1.82) is 0 Å². The van der Waals surface area contributed by atoms with Gasteiger partial charge in [-0.2, -0.15) is 0 Å². The Hall–Kier alpha value is -2.80. The standard InChI is InChI=1S/C21H16Cl2N2O3S/c1-27-15-5-2-4-13(12-15)24-21(29)25-19(26)11-9-14-8-10-18(28-14)16-6-3-7-17(22)20(16)23/h2-12H,1H3,(H2,24,25,26,29). The molecule has 0 spiro atoms. The number of carbonyl (C=O) groups excluding carboxylic acids is 1. The van der Waals surface area contributed by atoms with E-state index in [0.29, 0.717) is 38.6 Å². The fourth-order valence-corrected chi connectivity index (χ4v) is 3.07. The van der Waals surface area contributed by atoms with E-state index in [1.165, 1.54) is 12.2 Å². The molecule has 0 unspecified atom stereocenters. The SMILES string of the molecule is COc1cccc(NC(=S)NC(=O)C=Cc2ccc(-c3cccc(Cl)c3Cl)o2)c1. The van der Waals surface area contributed by atoms with Crippen LogP contribution in [0.2, 0.25) is 10.0 Å². The maximum Gasteiger partial charge on any atom is 0.250 e. The van der Waals surface area contributed by atoms with Crippen molar-refractivity contribution in [3.8, 4) is 17.1 Å². The molecule has 0 aliphatic heterocycles. The summed E-state index contributed by atoms with van der Waals surface area (Å²) in [5, 5.41) is 6.50. The van der Waals surface area contributed by atoms with E-state index < -0.39 is 5.91 Å². The van der Waals surface area contributed by atoms with Gasteiger partial charge < -0.3 is 14.5 Å². The molecule has 29 heavy (non-hydrogen) atoms. The molecule has 0 radical (unpaired) electrons. The smallest absolute Gasteiger partial charge is 0.250 e. The minimum absolute atomic E-state index is 0.166. The number of anilines is 1. The van der Waals surface area contributed by atoms with Gasteiger partial charge in [-0.25, -0.2) is 0 Å². The van der Waals surface area contributed by atoms with E-state index in [2.05, 4.69) is 10.6 Å². The van der Waals surface area contributed by atoms with Crippen LogP contribution in [0.15, 0.2) is 65.1 Å². The van der Waals surface area contributed by atoms with E-state index in [4.69, 9.17) is 44.6 Å². The van der Waals surface area contributed by atoms with Crippen LogP contribution in [-0.2, 0) is 4.79 Å². The number of halogens is 2. The molecular weight excluding hydrogens is 431 g/mol. The molecular formula is C21H16Cl2N2O3S. The molecule has 3 rings (SSSR count). The molecule has 0 saturated carbocycles. The Labute approximate surface area is 183 Å². The third-order valence-corrected chi connectivity index (χ3v) is 4.83. The Balaban J connectivity index is 1.60. The highest BCUT2D eigenvalue weighted by molar-refractivity contribution is 7.80. The number of amides is 1. The zero-order valence-corrected chi connectivity index (χ0v) is 17.6. The second kappa shape index (κ2) is 9.60. The summed E-state index contributed by atoms with van der Waals surface area (Å²) >= 11 is 17.4. The minimum Gasteiger partial charge on any atom is -0.497 e. The summed E-state index contributed by atoms with van der Waals surface area (Å²) < 4.78 is 10.9. The fraction of sp³-hybridized carbons (Fsp3) is 0.0476. The van der Waals surface area contributed by atoms with Gasteiger partial charge in [-0.3, -0.25) is 10.1 Å². The van der Waals surface area contributed by atoms with Crippen molar-refractivity contribution in [2.75, 3.05) is 12.4 Å². The first-order valence-corrected chi connectivity index (χ1v) is 9.61. The van der Waals surface area contributed by atoms with Gasteiger partial charge >= 0.3 is 0 Å². The predicted octanol–water partition coefficient (Wildman–Crippen LogP) is 5.79. The van der Waals surface area contributed by atoms with Crippen molar-refractivity contribution >= 4 is 58.2 Å². The summed E-state index contributed by atoms with van der Waals surface area (Å²) in [7, 11) is 1.57. The van der Waals surface area contributed by atoms with Crippen molar-refractivity contribution < 1.29 is 13.9 Å². The summed E-state index contributed by atoms with van der Waals surface area (Å²) in [5.74, 6) is 1.31. The number of ether oxygens (including phenoxy) is 1. The highest BCUT2D eigenvalue weighted by Crippen LogP contribution is 2.34. The van der Waals surface area contributed by atoms with Gasteiger partial charge in [0.15, 0.2) is 5.11 Å². The molecule has 148 valence electrons. The van der Waals surface area contributed by atoms with E-state index >= 15 is 0 Å². The monoisotopic (exact) mass is 446 g/mol. The lowest BCUT2D eigenvalue weighted by Gasteiger charge is -2.09. The molecule has 0 saturated heterocycles. The van der Waals surface area contributed by atoms with Crippen molar-refractivity contribution in [3.05, 3.63) is 76.5 Å². The Morgan fingerprint density at radius 2 is 1.93 bits per heavy atom. The summed E-state index contributed by atoms with van der Waals surface area (Å²) in [6.07, 6.45) is 2.85. The third-order valence-electron chi connectivity index (χ3n) is 3.81. The minimum atomic E-state index is -0.399. The highest BCUT2D eigenvalue weighted by Gasteiger charge is 2.10. The molecule has 0 aliphatic rings. The number of benzene rings is 2. The molecule has 0 bridgehead atoms. The first-order chi connectivity index (χ1) is 14.0. The van der Waals surface area contributed by atoms with Gasteiger partial charge in [0.1, 0.15) is 17.3 Å². The van der Waals surface area contributed by atoms with Crippen LogP contribution in [0.25, 0.3) is 17.4 Å². The highest BCUT2D eigenvalue weighted by atomic mass is 35.5. The quantitative estimate of drug-likeness (QED) is 0.383. The average molecular weight is 447 g/mol. The molecule has 1 aromatic heterocycles. The molecule has 2 N–H and O–H groups in total. The van der Waals surface area contributed by atoms with Crippen LogP contribution >= 0.6 is 35.4 Å². The topological polar surface area (TPSA) is 63.5 Å². The Morgan fingerprint density at radius 1 is 1.14 bits per heavy atom. The molecule has 2 aromatic carbocycles. The van der Waals surface area contributed by atoms with Gasteiger partial charge in [0.25, 0.3) is 0 Å². The van der Waals surface area contributed by atoms with E-state index in [9.17, 15) is 4.79 Å². The number of carbonyl (C=O) groups is 1. The van der Waals surface area contributed by atoms with Crippen molar-refractivity contribution in [3.63, 3.8) is 0 Å². The number of furan rings is 1. The second-order valence-electron chi connectivity index (χ2n) is 5.81. The normalized spacial score (nSPS) is 10.7. The van der Waals surface area contributed by atoms with E-state index in [0.717, 1.165) is 0 Å². The molecule has 1 heterocycles. The number of methoxy groups -OCH3 is 1. The summed E-state index contributed by atoms with van der Waals surface area (Å²) in [6, 6.07) is 16.0. The number of nitrogens with one attached hydrogen (secondary N) is 2. The summed E-state index contributed by atoms with van der Waals surface area (Å²) in [5.41, 5.74) is 1.37. The Bertz CT molecular complexity index is 1080. The van der Waals surface area contributed by atoms with Crippen LogP contribution in [0.5, 0.6) is 5.75 Å². The number of thiocarbonyl (C=S) groups is 1. The van der Waals surface area contributed by atoms with Gasteiger partial charge in [-0.05, 0) is 54.7 Å². The van der Waals surface area contributed by atoms with Crippen molar-refractivity contribution in [2.24, 2.45) is 0 Å². The van der Waals surface area contributed by atoms with E-state index in [1.54, 1.807) is 43.5 Å². The van der Waals surface area contributed by atoms with Crippen LogP contribution < -0.4 is 15.4 Å². The molecule has 0 atom stereocenters. The predicted molar refractivity (Wildman–Crippen MR) is 121 cm³/mol. The van der Waals surface area contributed by atoms with Crippen LogP contribution in [0.1, 0.15) is 5.76 Å². The second-order valence-corrected chi connectivity index (χ2v) is 7.01. The maximum atomic E-state index is 12.1. The summed E-state index contributed by atoms with van der Waals surface area (Å²) in [4.78, 5) is 12.1. The third kappa shape index (κ3) is 5.60. The first kappa shape index (κ1) is 20.9. The van der Waals surface area contributed by atoms with Gasteiger partial charge in [0.2, 0.25) is 5.91 Å². The van der Waals surface area contributed by atoms with Crippen molar-refractivity contribution in [1.82, 2.24) is 5.32 Å². The fourth-order valence-electron chi connectivity index (χ4n) is 2.46. The Kier molecular flexibility index (Phi) is 6.93. The van der Waals surface area contributed by atoms with Gasteiger partial charge in [0.05, 0.1) is 17.2 Å².